The third-order valence-electron chi connectivity index (χ3n) is 5.36. The van der Waals surface area contributed by atoms with Crippen molar-refractivity contribution in [2.75, 3.05) is 19.6 Å². The minimum Gasteiger partial charge on any atom is -0.497 e. The van der Waals surface area contributed by atoms with Crippen LogP contribution in [0.5, 0.6) is 11.5 Å². The normalized spacial score (nSPS) is 12.0. The molecule has 1 heterocycles. The first-order chi connectivity index (χ1) is 15.6. The van der Waals surface area contributed by atoms with Crippen molar-refractivity contribution >= 4 is 45.3 Å². The van der Waals surface area contributed by atoms with E-state index in [1.54, 1.807) is 7.11 Å². The highest BCUT2D eigenvalue weighted by atomic mass is 35.5. The molecule has 0 fully saturated rings. The highest BCUT2D eigenvalue weighted by Crippen LogP contribution is 2.37. The number of rotatable bonds is 8. The van der Waals surface area contributed by atoms with Gasteiger partial charge in [-0.15, -0.1) is 11.6 Å². The van der Waals surface area contributed by atoms with Crippen LogP contribution in [0.4, 0.5) is 0 Å². The van der Waals surface area contributed by atoms with E-state index >= 15 is 0 Å². The predicted molar refractivity (Wildman–Crippen MR) is 133 cm³/mol. The van der Waals surface area contributed by atoms with Gasteiger partial charge in [0.25, 0.3) is 0 Å². The van der Waals surface area contributed by atoms with Gasteiger partial charge in [-0.25, -0.2) is 0 Å². The fourth-order valence-corrected chi connectivity index (χ4v) is 4.15. The van der Waals surface area contributed by atoms with Crippen LogP contribution in [0.3, 0.4) is 0 Å². The molecular formula is C27H24Cl2O3. The Morgan fingerprint density at radius 3 is 2.06 bits per heavy atom. The van der Waals surface area contributed by atoms with E-state index in [1.807, 2.05) is 36.4 Å². The van der Waals surface area contributed by atoms with Gasteiger partial charge in [-0.1, -0.05) is 37.3 Å². The van der Waals surface area contributed by atoms with Crippen LogP contribution in [0.2, 0.25) is 5.22 Å². The summed E-state index contributed by atoms with van der Waals surface area (Å²) in [6.07, 6.45) is 0.850. The van der Waals surface area contributed by atoms with Gasteiger partial charge in [0.15, 0.2) is 5.22 Å². The van der Waals surface area contributed by atoms with Gasteiger partial charge in [-0.05, 0) is 82.3 Å². The van der Waals surface area contributed by atoms with Crippen LogP contribution in [0.15, 0.2) is 77.2 Å². The summed E-state index contributed by atoms with van der Waals surface area (Å²) in [4.78, 5) is 0. The van der Waals surface area contributed by atoms with Gasteiger partial charge in [0.1, 0.15) is 23.7 Å². The molecule has 3 nitrogen and oxygen atoms in total. The summed E-state index contributed by atoms with van der Waals surface area (Å²) in [6.45, 7) is 2.65. The number of fused-ring (bicyclic) bond motifs is 1. The van der Waals surface area contributed by atoms with Gasteiger partial charge >= 0.3 is 0 Å². The van der Waals surface area contributed by atoms with Crippen molar-refractivity contribution in [3.05, 3.63) is 94.7 Å². The largest absolute Gasteiger partial charge is 0.497 e. The van der Waals surface area contributed by atoms with Crippen molar-refractivity contribution in [3.63, 3.8) is 0 Å². The number of allylic oxidation sites excluding steroid dienone is 1. The standard InChI is InChI=1S/C27H24Cl2O3/c1-3-24(20-8-13-25-21(16-20)17-26(29)32-25)27(18-4-9-22(30-2)10-5-18)19-6-11-23(12-7-19)31-15-14-28/h4-13,16-17H,3,14-15H2,1-2H3/b27-24+. The monoisotopic (exact) mass is 466 g/mol. The maximum absolute atomic E-state index is 6.07. The van der Waals surface area contributed by atoms with Crippen molar-refractivity contribution in [2.45, 2.75) is 13.3 Å². The third-order valence-corrected chi connectivity index (χ3v) is 5.70. The molecule has 164 valence electrons. The summed E-state index contributed by atoms with van der Waals surface area (Å²) >= 11 is 11.8. The molecule has 0 N–H and O–H groups in total. The Balaban J connectivity index is 1.87. The molecule has 0 aliphatic rings. The van der Waals surface area contributed by atoms with Crippen molar-refractivity contribution < 1.29 is 13.9 Å². The number of hydrogen-bond acceptors (Lipinski definition) is 3. The Bertz CT molecular complexity index is 1220. The number of alkyl halides is 1. The lowest BCUT2D eigenvalue weighted by molar-refractivity contribution is 0.343. The lowest BCUT2D eigenvalue weighted by Gasteiger charge is -2.17. The maximum Gasteiger partial charge on any atom is 0.194 e. The van der Waals surface area contributed by atoms with Gasteiger partial charge in [0.05, 0.1) is 13.0 Å². The second-order valence-electron chi connectivity index (χ2n) is 7.30. The lowest BCUT2D eigenvalue weighted by Crippen LogP contribution is -1.99. The molecule has 0 bridgehead atoms. The van der Waals surface area contributed by atoms with Crippen molar-refractivity contribution in [1.82, 2.24) is 0 Å². The number of methoxy groups -OCH3 is 1. The number of furan rings is 1. The molecule has 3 aromatic carbocycles. The average Bonchev–Trinajstić information content (AvgIpc) is 3.21. The molecule has 0 aliphatic heterocycles. The van der Waals surface area contributed by atoms with E-state index in [0.717, 1.165) is 51.2 Å². The molecular weight excluding hydrogens is 443 g/mol. The molecule has 0 atom stereocenters. The van der Waals surface area contributed by atoms with E-state index in [0.29, 0.717) is 17.7 Å². The molecule has 0 unspecified atom stereocenters. The average molecular weight is 467 g/mol. The molecule has 4 aromatic rings. The second kappa shape index (κ2) is 10.2. The Labute approximate surface area is 198 Å². The van der Waals surface area contributed by atoms with Crippen LogP contribution in [0.1, 0.15) is 30.0 Å². The fraction of sp³-hybridized carbons (Fsp3) is 0.185. The first-order valence-electron chi connectivity index (χ1n) is 10.5. The van der Waals surface area contributed by atoms with Gasteiger partial charge in [0.2, 0.25) is 0 Å². The van der Waals surface area contributed by atoms with Gasteiger partial charge < -0.3 is 13.9 Å². The van der Waals surface area contributed by atoms with Crippen molar-refractivity contribution in [2.24, 2.45) is 0 Å². The molecule has 0 amide bonds. The summed E-state index contributed by atoms with van der Waals surface area (Å²) < 4.78 is 16.6. The molecule has 0 radical (unpaired) electrons. The predicted octanol–water partition coefficient (Wildman–Crippen LogP) is 8.08. The van der Waals surface area contributed by atoms with Crippen LogP contribution in [-0.4, -0.2) is 19.6 Å². The highest BCUT2D eigenvalue weighted by Gasteiger charge is 2.15. The summed E-state index contributed by atoms with van der Waals surface area (Å²) in [5, 5.41) is 1.37. The summed E-state index contributed by atoms with van der Waals surface area (Å²) in [5.41, 5.74) is 6.52. The SMILES string of the molecule is CC/C(=C(/c1ccc(OC)cc1)c1ccc(OCCCl)cc1)c1ccc2oc(Cl)cc2c1. The minimum absolute atomic E-state index is 0.391. The molecule has 0 spiro atoms. The van der Waals surface area contributed by atoms with Crippen LogP contribution in [0, 0.1) is 0 Å². The van der Waals surface area contributed by atoms with Gasteiger partial charge in [0, 0.05) is 11.5 Å². The second-order valence-corrected chi connectivity index (χ2v) is 8.05. The molecule has 32 heavy (non-hydrogen) atoms. The topological polar surface area (TPSA) is 31.6 Å². The molecule has 0 saturated carbocycles. The first kappa shape index (κ1) is 22.3. The summed E-state index contributed by atoms with van der Waals surface area (Å²) in [5.74, 6) is 2.08. The maximum atomic E-state index is 6.07. The fourth-order valence-electron chi connectivity index (χ4n) is 3.87. The molecule has 4 rings (SSSR count). The Morgan fingerprint density at radius 2 is 1.47 bits per heavy atom. The van der Waals surface area contributed by atoms with Gasteiger partial charge in [-0.3, -0.25) is 0 Å². The zero-order valence-corrected chi connectivity index (χ0v) is 19.5. The Kier molecular flexibility index (Phi) is 7.09. The first-order valence-corrected chi connectivity index (χ1v) is 11.4. The molecule has 0 aliphatic carbocycles. The van der Waals surface area contributed by atoms with Crippen molar-refractivity contribution in [1.29, 1.82) is 0 Å². The van der Waals surface area contributed by atoms with Crippen LogP contribution in [-0.2, 0) is 0 Å². The van der Waals surface area contributed by atoms with E-state index in [-0.39, 0.29) is 0 Å². The number of benzene rings is 3. The number of hydrogen-bond donors (Lipinski definition) is 0. The quantitative estimate of drug-likeness (QED) is 0.194. The zero-order valence-electron chi connectivity index (χ0n) is 18.0. The molecule has 1 aromatic heterocycles. The zero-order chi connectivity index (χ0) is 22.5. The number of ether oxygens (including phenoxy) is 2. The van der Waals surface area contributed by atoms with Crippen molar-refractivity contribution in [3.8, 4) is 11.5 Å². The minimum atomic E-state index is 0.391. The molecule has 5 heteroatoms. The van der Waals surface area contributed by atoms with Gasteiger partial charge in [-0.2, -0.15) is 0 Å². The lowest BCUT2D eigenvalue weighted by atomic mass is 9.88. The summed E-state index contributed by atoms with van der Waals surface area (Å²) in [6, 6.07) is 24.3. The van der Waals surface area contributed by atoms with E-state index in [2.05, 4.69) is 43.3 Å². The summed E-state index contributed by atoms with van der Waals surface area (Å²) in [7, 11) is 1.67. The van der Waals surface area contributed by atoms with Crippen LogP contribution >= 0.6 is 23.2 Å². The van der Waals surface area contributed by atoms with Crippen LogP contribution in [0.25, 0.3) is 22.1 Å². The molecule has 0 saturated heterocycles. The van der Waals surface area contributed by atoms with Crippen LogP contribution < -0.4 is 9.47 Å². The Hall–Kier alpha value is -2.88. The Morgan fingerprint density at radius 1 is 0.844 bits per heavy atom. The number of halogens is 2. The highest BCUT2D eigenvalue weighted by molar-refractivity contribution is 6.29. The third kappa shape index (κ3) is 4.79. The van der Waals surface area contributed by atoms with E-state index in [1.165, 1.54) is 5.57 Å². The van der Waals surface area contributed by atoms with E-state index in [4.69, 9.17) is 37.1 Å². The van der Waals surface area contributed by atoms with E-state index in [9.17, 15) is 0 Å². The van der Waals surface area contributed by atoms with E-state index < -0.39 is 0 Å². The smallest absolute Gasteiger partial charge is 0.194 e.